The Hall–Kier alpha value is -1.01. The largest absolute Gasteiger partial charge is 0.346 e. The van der Waals surface area contributed by atoms with Gasteiger partial charge in [-0.1, -0.05) is 43.1 Å². The molecule has 130 valence electrons. The van der Waals surface area contributed by atoms with E-state index in [9.17, 15) is 9.59 Å². The fourth-order valence-electron chi connectivity index (χ4n) is 2.26. The molecule has 23 heavy (non-hydrogen) atoms. The minimum absolute atomic E-state index is 0. The predicted octanol–water partition coefficient (Wildman–Crippen LogP) is 2.62. The molecule has 0 saturated carbocycles. The van der Waals surface area contributed by atoms with E-state index in [4.69, 9.17) is 28.9 Å². The molecule has 0 fully saturated rings. The van der Waals surface area contributed by atoms with Gasteiger partial charge < -0.3 is 16.4 Å². The van der Waals surface area contributed by atoms with Crippen LogP contribution in [0.15, 0.2) is 18.2 Å². The van der Waals surface area contributed by atoms with E-state index >= 15 is 0 Å². The normalized spacial score (nSPS) is 10.7. The van der Waals surface area contributed by atoms with E-state index < -0.39 is 5.54 Å². The molecule has 0 aliphatic carbocycles. The number of carbonyl (C=O) groups excluding carboxylic acids is 2. The van der Waals surface area contributed by atoms with Gasteiger partial charge in [0.2, 0.25) is 11.8 Å². The van der Waals surface area contributed by atoms with Gasteiger partial charge >= 0.3 is 0 Å². The third-order valence-electron chi connectivity index (χ3n) is 3.69. The summed E-state index contributed by atoms with van der Waals surface area (Å²) >= 11 is 12.0. The topological polar surface area (TPSA) is 84.2 Å². The summed E-state index contributed by atoms with van der Waals surface area (Å²) in [6, 6.07) is 5.32. The van der Waals surface area contributed by atoms with E-state index in [-0.39, 0.29) is 37.3 Å². The molecule has 0 aliphatic rings. The molecule has 0 saturated heterocycles. The second kappa shape index (κ2) is 9.98. The third-order valence-corrected chi connectivity index (χ3v) is 4.43. The molecule has 0 bridgehead atoms. The Labute approximate surface area is 152 Å². The Bertz CT molecular complexity index is 549. The van der Waals surface area contributed by atoms with Gasteiger partial charge in [0.05, 0.1) is 28.7 Å². The zero-order valence-electron chi connectivity index (χ0n) is 13.1. The first kappa shape index (κ1) is 22.0. The van der Waals surface area contributed by atoms with Crippen molar-refractivity contribution in [2.24, 2.45) is 5.73 Å². The highest BCUT2D eigenvalue weighted by Gasteiger charge is 2.30. The van der Waals surface area contributed by atoms with Crippen molar-refractivity contribution >= 4 is 47.4 Å². The van der Waals surface area contributed by atoms with Crippen molar-refractivity contribution < 1.29 is 9.59 Å². The van der Waals surface area contributed by atoms with Crippen LogP contribution in [-0.4, -0.2) is 24.9 Å². The molecule has 4 N–H and O–H groups in total. The Balaban J connectivity index is 0.00000484. The molecule has 8 heteroatoms. The minimum atomic E-state index is -0.557. The van der Waals surface area contributed by atoms with Crippen molar-refractivity contribution in [2.75, 3.05) is 13.1 Å². The molecule has 5 nitrogen and oxygen atoms in total. The van der Waals surface area contributed by atoms with Crippen LogP contribution >= 0.6 is 35.6 Å². The second-order valence-electron chi connectivity index (χ2n) is 4.95. The molecular formula is C15H22Cl3N3O2. The number of hydrogen-bond acceptors (Lipinski definition) is 3. The first-order valence-electron chi connectivity index (χ1n) is 7.11. The van der Waals surface area contributed by atoms with Gasteiger partial charge in [0.1, 0.15) is 0 Å². The van der Waals surface area contributed by atoms with E-state index in [1.807, 2.05) is 19.9 Å². The predicted molar refractivity (Wildman–Crippen MR) is 96.2 cm³/mol. The van der Waals surface area contributed by atoms with Crippen LogP contribution in [0, 0.1) is 0 Å². The summed E-state index contributed by atoms with van der Waals surface area (Å²) in [5, 5.41) is 6.33. The van der Waals surface area contributed by atoms with Crippen molar-refractivity contribution in [1.82, 2.24) is 10.6 Å². The lowest BCUT2D eigenvalue weighted by Crippen LogP contribution is -2.49. The average Bonchev–Trinajstić information content (AvgIpc) is 2.53. The molecule has 0 aromatic heterocycles. The van der Waals surface area contributed by atoms with E-state index in [1.54, 1.807) is 12.1 Å². The fraction of sp³-hybridized carbons (Fsp3) is 0.467. The van der Waals surface area contributed by atoms with Crippen molar-refractivity contribution in [3.63, 3.8) is 0 Å². The van der Waals surface area contributed by atoms with Gasteiger partial charge in [0.15, 0.2) is 0 Å². The molecular weight excluding hydrogens is 361 g/mol. The summed E-state index contributed by atoms with van der Waals surface area (Å²) < 4.78 is 0. The molecule has 1 aromatic rings. The Morgan fingerprint density at radius 2 is 1.74 bits per heavy atom. The molecule has 1 rings (SSSR count). The Morgan fingerprint density at radius 3 is 2.22 bits per heavy atom. The number of rotatable bonds is 7. The standard InChI is InChI=1S/C15H21Cl2N3O2.ClH/c1-3-15(4-2,10-5-6-11(16)12(17)7-10)20-14(22)9-19-13(21)8-18;/h5-7H,3-4,8-9,18H2,1-2H3,(H,19,21)(H,20,22);1H. The summed E-state index contributed by atoms with van der Waals surface area (Å²) in [7, 11) is 0. The Kier molecular flexibility index (Phi) is 9.54. The van der Waals surface area contributed by atoms with E-state index in [0.717, 1.165) is 5.56 Å². The lowest BCUT2D eigenvalue weighted by Gasteiger charge is -2.34. The van der Waals surface area contributed by atoms with Crippen LogP contribution in [0.2, 0.25) is 10.0 Å². The summed E-state index contributed by atoms with van der Waals surface area (Å²) in [5.74, 6) is -0.653. The van der Waals surface area contributed by atoms with Crippen LogP contribution in [-0.2, 0) is 15.1 Å². The van der Waals surface area contributed by atoms with Crippen molar-refractivity contribution in [2.45, 2.75) is 32.2 Å². The lowest BCUT2D eigenvalue weighted by atomic mass is 9.84. The van der Waals surface area contributed by atoms with Crippen LogP contribution in [0.4, 0.5) is 0 Å². The zero-order valence-corrected chi connectivity index (χ0v) is 15.4. The maximum atomic E-state index is 12.1. The first-order chi connectivity index (χ1) is 10.4. The highest BCUT2D eigenvalue weighted by Crippen LogP contribution is 2.33. The number of nitrogens with one attached hydrogen (secondary N) is 2. The molecule has 1 aromatic carbocycles. The summed E-state index contributed by atoms with van der Waals surface area (Å²) in [5.41, 5.74) is 5.51. The Morgan fingerprint density at radius 1 is 1.13 bits per heavy atom. The fourth-order valence-corrected chi connectivity index (χ4v) is 2.56. The monoisotopic (exact) mass is 381 g/mol. The van der Waals surface area contributed by atoms with Crippen LogP contribution < -0.4 is 16.4 Å². The van der Waals surface area contributed by atoms with E-state index in [1.165, 1.54) is 0 Å². The number of halogens is 3. The van der Waals surface area contributed by atoms with Crippen molar-refractivity contribution in [1.29, 1.82) is 0 Å². The van der Waals surface area contributed by atoms with Crippen molar-refractivity contribution in [3.05, 3.63) is 33.8 Å². The van der Waals surface area contributed by atoms with Gasteiger partial charge in [-0.3, -0.25) is 9.59 Å². The van der Waals surface area contributed by atoms with Crippen LogP contribution in [0.3, 0.4) is 0 Å². The maximum absolute atomic E-state index is 12.1. The van der Waals surface area contributed by atoms with Crippen LogP contribution in [0.25, 0.3) is 0 Å². The molecule has 2 amide bonds. The summed E-state index contributed by atoms with van der Waals surface area (Å²) in [6.07, 6.45) is 1.36. The quantitative estimate of drug-likeness (QED) is 0.678. The number of carbonyl (C=O) groups is 2. The number of nitrogens with two attached hydrogens (primary N) is 1. The SMILES string of the molecule is CCC(CC)(NC(=O)CNC(=O)CN)c1ccc(Cl)c(Cl)c1.Cl. The molecule has 0 aliphatic heterocycles. The highest BCUT2D eigenvalue weighted by molar-refractivity contribution is 6.42. The third kappa shape index (κ3) is 5.84. The molecule has 0 heterocycles. The highest BCUT2D eigenvalue weighted by atomic mass is 35.5. The molecule has 0 unspecified atom stereocenters. The van der Waals surface area contributed by atoms with Gasteiger partial charge in [-0.05, 0) is 30.5 Å². The molecule has 0 spiro atoms. The smallest absolute Gasteiger partial charge is 0.240 e. The van der Waals surface area contributed by atoms with Gasteiger partial charge in [-0.25, -0.2) is 0 Å². The zero-order chi connectivity index (χ0) is 16.8. The average molecular weight is 383 g/mol. The number of hydrogen-bond donors (Lipinski definition) is 3. The summed E-state index contributed by atoms with van der Waals surface area (Å²) in [4.78, 5) is 23.2. The van der Waals surface area contributed by atoms with E-state index in [0.29, 0.717) is 22.9 Å². The van der Waals surface area contributed by atoms with Gasteiger partial charge in [0, 0.05) is 0 Å². The van der Waals surface area contributed by atoms with Gasteiger partial charge in [-0.15, -0.1) is 12.4 Å². The number of benzene rings is 1. The van der Waals surface area contributed by atoms with Crippen LogP contribution in [0.5, 0.6) is 0 Å². The minimum Gasteiger partial charge on any atom is -0.346 e. The molecule has 0 atom stereocenters. The lowest BCUT2D eigenvalue weighted by molar-refractivity contribution is -0.126. The second-order valence-corrected chi connectivity index (χ2v) is 5.76. The van der Waals surface area contributed by atoms with Gasteiger partial charge in [-0.2, -0.15) is 0 Å². The maximum Gasteiger partial charge on any atom is 0.240 e. The van der Waals surface area contributed by atoms with Gasteiger partial charge in [0.25, 0.3) is 0 Å². The molecule has 0 radical (unpaired) electrons. The summed E-state index contributed by atoms with van der Waals surface area (Å²) in [6.45, 7) is 3.70. The van der Waals surface area contributed by atoms with E-state index in [2.05, 4.69) is 10.6 Å². The number of amides is 2. The van der Waals surface area contributed by atoms with Crippen LogP contribution in [0.1, 0.15) is 32.3 Å². The van der Waals surface area contributed by atoms with Crippen molar-refractivity contribution in [3.8, 4) is 0 Å². The first-order valence-corrected chi connectivity index (χ1v) is 7.87.